The molecule has 1 amide bonds. The first-order chi connectivity index (χ1) is 27.0. The van der Waals surface area contributed by atoms with Crippen molar-refractivity contribution in [1.82, 2.24) is 5.32 Å². The van der Waals surface area contributed by atoms with E-state index in [9.17, 15) is 19.8 Å². The van der Waals surface area contributed by atoms with Crippen molar-refractivity contribution >= 4 is 11.9 Å². The first-order valence-corrected chi connectivity index (χ1v) is 23.4. The Morgan fingerprint density at radius 2 is 0.909 bits per heavy atom. The van der Waals surface area contributed by atoms with Crippen molar-refractivity contribution in [1.29, 1.82) is 0 Å². The number of carbonyl (C=O) groups is 2. The van der Waals surface area contributed by atoms with Crippen molar-refractivity contribution < 1.29 is 24.5 Å². The molecule has 0 saturated carbocycles. The number of carbonyl (C=O) groups excluding carboxylic acids is 2. The molecule has 6 heteroatoms. The molecule has 2 unspecified atom stereocenters. The lowest BCUT2D eigenvalue weighted by Gasteiger charge is -2.20. The smallest absolute Gasteiger partial charge is 0.305 e. The van der Waals surface area contributed by atoms with Gasteiger partial charge in [-0.05, 0) is 89.9 Å². The van der Waals surface area contributed by atoms with E-state index in [0.29, 0.717) is 19.4 Å². The summed E-state index contributed by atoms with van der Waals surface area (Å²) in [6, 6.07) is -0.643. The second kappa shape index (κ2) is 44.5. The second-order valence-corrected chi connectivity index (χ2v) is 15.8. The number of amides is 1. The molecule has 320 valence electrons. The second-order valence-electron chi connectivity index (χ2n) is 15.8. The highest BCUT2D eigenvalue weighted by Gasteiger charge is 2.18. The van der Waals surface area contributed by atoms with Gasteiger partial charge in [0, 0.05) is 12.8 Å². The van der Waals surface area contributed by atoms with Crippen LogP contribution in [0, 0.1) is 0 Å². The molecule has 3 N–H and O–H groups in total. The predicted molar refractivity (Wildman–Crippen MR) is 236 cm³/mol. The highest BCUT2D eigenvalue weighted by atomic mass is 16.5. The molecule has 55 heavy (non-hydrogen) atoms. The minimum atomic E-state index is -0.857. The minimum absolute atomic E-state index is 0.0337. The van der Waals surface area contributed by atoms with Crippen LogP contribution < -0.4 is 5.32 Å². The number of allylic oxidation sites excluding steroid dienone is 7. The Bertz CT molecular complexity index is 942. The van der Waals surface area contributed by atoms with Crippen molar-refractivity contribution in [2.45, 2.75) is 238 Å². The van der Waals surface area contributed by atoms with Crippen molar-refractivity contribution in [3.05, 3.63) is 48.6 Å². The number of aliphatic hydroxyl groups excluding tert-OH is 2. The third-order valence-electron chi connectivity index (χ3n) is 10.3. The molecule has 0 aliphatic carbocycles. The number of aliphatic hydroxyl groups is 2. The third kappa shape index (κ3) is 41.3. The van der Waals surface area contributed by atoms with Gasteiger partial charge in [0.25, 0.3) is 0 Å². The summed E-state index contributed by atoms with van der Waals surface area (Å²) in [4.78, 5) is 24.3. The van der Waals surface area contributed by atoms with Crippen LogP contribution in [0.25, 0.3) is 0 Å². The number of ether oxygens (including phenoxy) is 1. The largest absolute Gasteiger partial charge is 0.466 e. The fourth-order valence-electron chi connectivity index (χ4n) is 6.67. The van der Waals surface area contributed by atoms with Crippen LogP contribution >= 0.6 is 0 Å². The zero-order valence-electron chi connectivity index (χ0n) is 36.1. The van der Waals surface area contributed by atoms with E-state index >= 15 is 0 Å². The quantitative estimate of drug-likeness (QED) is 0.0249. The Labute approximate surface area is 340 Å². The van der Waals surface area contributed by atoms with E-state index in [4.69, 9.17) is 4.74 Å². The summed E-state index contributed by atoms with van der Waals surface area (Å²) in [7, 11) is 0. The molecule has 0 aromatic rings. The number of hydrogen-bond donors (Lipinski definition) is 3. The molecule has 0 saturated heterocycles. The Kier molecular flexibility index (Phi) is 42.8. The van der Waals surface area contributed by atoms with Crippen molar-refractivity contribution in [2.24, 2.45) is 0 Å². The number of hydrogen-bond acceptors (Lipinski definition) is 5. The molecule has 6 nitrogen and oxygen atoms in total. The maximum atomic E-state index is 12.3. The molecule has 2 atom stereocenters. The molecular weight excluding hydrogens is 683 g/mol. The van der Waals surface area contributed by atoms with Crippen LogP contribution in [0.1, 0.15) is 226 Å². The Hall–Kier alpha value is -2.18. The molecule has 0 fully saturated rings. The fourth-order valence-corrected chi connectivity index (χ4v) is 6.67. The van der Waals surface area contributed by atoms with Gasteiger partial charge in [0.05, 0.1) is 25.4 Å². The van der Waals surface area contributed by atoms with Gasteiger partial charge < -0.3 is 20.3 Å². The third-order valence-corrected chi connectivity index (χ3v) is 10.3. The molecule has 0 aliphatic rings. The first kappa shape index (κ1) is 52.8. The normalized spacial score (nSPS) is 13.2. The molecular formula is C49H89NO5. The van der Waals surface area contributed by atoms with Crippen molar-refractivity contribution in [2.75, 3.05) is 13.2 Å². The number of rotatable bonds is 42. The molecule has 0 aromatic heterocycles. The Morgan fingerprint density at radius 3 is 1.42 bits per heavy atom. The zero-order valence-corrected chi connectivity index (χ0v) is 36.1. The highest BCUT2D eigenvalue weighted by Crippen LogP contribution is 2.13. The average Bonchev–Trinajstić information content (AvgIpc) is 3.18. The van der Waals surface area contributed by atoms with Gasteiger partial charge in [0.1, 0.15) is 0 Å². The van der Waals surface area contributed by atoms with E-state index < -0.39 is 12.1 Å². The van der Waals surface area contributed by atoms with E-state index in [1.165, 1.54) is 122 Å². The van der Waals surface area contributed by atoms with Gasteiger partial charge >= 0.3 is 5.97 Å². The molecule has 0 aliphatic heterocycles. The van der Waals surface area contributed by atoms with Crippen LogP contribution in [-0.4, -0.2) is 47.4 Å². The number of esters is 1. The number of unbranched alkanes of at least 4 members (excludes halogenated alkanes) is 26. The lowest BCUT2D eigenvalue weighted by atomic mass is 10.1. The Morgan fingerprint density at radius 1 is 0.509 bits per heavy atom. The van der Waals surface area contributed by atoms with E-state index in [2.05, 4.69) is 55.6 Å². The van der Waals surface area contributed by atoms with Crippen LogP contribution in [0.3, 0.4) is 0 Å². The fraction of sp³-hybridized carbons (Fsp3) is 0.796. The number of nitrogens with one attached hydrogen (secondary N) is 1. The van der Waals surface area contributed by atoms with Crippen LogP contribution in [-0.2, 0) is 14.3 Å². The van der Waals surface area contributed by atoms with Crippen LogP contribution in [0.15, 0.2) is 48.6 Å². The summed E-state index contributed by atoms with van der Waals surface area (Å²) in [5.74, 6) is -0.129. The lowest BCUT2D eigenvalue weighted by molar-refractivity contribution is -0.143. The summed E-state index contributed by atoms with van der Waals surface area (Å²) in [5, 5.41) is 22.9. The van der Waals surface area contributed by atoms with E-state index in [1.54, 1.807) is 6.08 Å². The van der Waals surface area contributed by atoms with E-state index in [0.717, 1.165) is 77.0 Å². The maximum Gasteiger partial charge on any atom is 0.305 e. The summed E-state index contributed by atoms with van der Waals surface area (Å²) < 4.78 is 5.42. The van der Waals surface area contributed by atoms with Gasteiger partial charge in [0.2, 0.25) is 5.91 Å². The van der Waals surface area contributed by atoms with Crippen molar-refractivity contribution in [3.8, 4) is 0 Å². The molecule has 0 heterocycles. The summed E-state index contributed by atoms with van der Waals surface area (Å²) in [6.45, 7) is 4.78. The SMILES string of the molecule is CCCCCC/C=C\CCCCCCCC(=O)OCCCCC/C=C\C=C/CCCCCCCCC(=O)NC(CO)C(O)/C=C/CCCCCCCCCC. The average molecular weight is 772 g/mol. The van der Waals surface area contributed by atoms with Gasteiger partial charge in [-0.1, -0.05) is 172 Å². The first-order valence-electron chi connectivity index (χ1n) is 23.4. The molecule has 0 aromatic carbocycles. The highest BCUT2D eigenvalue weighted by molar-refractivity contribution is 5.76. The lowest BCUT2D eigenvalue weighted by Crippen LogP contribution is -2.45. The minimum Gasteiger partial charge on any atom is -0.466 e. The summed E-state index contributed by atoms with van der Waals surface area (Å²) in [6.07, 6.45) is 53.9. The monoisotopic (exact) mass is 772 g/mol. The van der Waals surface area contributed by atoms with Crippen LogP contribution in [0.4, 0.5) is 0 Å². The van der Waals surface area contributed by atoms with Gasteiger partial charge in [-0.15, -0.1) is 0 Å². The maximum absolute atomic E-state index is 12.3. The Balaban J connectivity index is 3.57. The van der Waals surface area contributed by atoms with Gasteiger partial charge in [-0.3, -0.25) is 9.59 Å². The van der Waals surface area contributed by atoms with Crippen LogP contribution in [0.2, 0.25) is 0 Å². The van der Waals surface area contributed by atoms with Gasteiger partial charge in [-0.25, -0.2) is 0 Å². The zero-order chi connectivity index (χ0) is 40.1. The molecule has 0 bridgehead atoms. The van der Waals surface area contributed by atoms with Crippen LogP contribution in [0.5, 0.6) is 0 Å². The van der Waals surface area contributed by atoms with E-state index in [1.807, 2.05) is 6.08 Å². The van der Waals surface area contributed by atoms with E-state index in [-0.39, 0.29) is 18.5 Å². The topological polar surface area (TPSA) is 95.9 Å². The molecule has 0 spiro atoms. The van der Waals surface area contributed by atoms with Crippen molar-refractivity contribution in [3.63, 3.8) is 0 Å². The summed E-state index contributed by atoms with van der Waals surface area (Å²) >= 11 is 0. The molecule has 0 radical (unpaired) electrons. The van der Waals surface area contributed by atoms with Gasteiger partial charge in [0.15, 0.2) is 0 Å². The molecule has 0 rings (SSSR count). The standard InChI is InChI=1S/C49H89NO5/c1-3-5-7-9-11-13-15-19-23-27-31-35-39-43-49(54)55-44-40-36-32-28-24-21-18-16-17-20-22-26-30-34-38-42-48(53)50-46(45-51)47(52)41-37-33-29-25-14-12-10-8-6-4-2/h13,15-16,18,21,24,37,41,46-47,51-52H,3-12,14,17,19-20,22-23,25-36,38-40,42-45H2,1-2H3,(H,50,53)/b15-13-,18-16-,24-21-,41-37+. The van der Waals surface area contributed by atoms with Gasteiger partial charge in [-0.2, -0.15) is 0 Å². The predicted octanol–water partition coefficient (Wildman–Crippen LogP) is 13.5. The summed E-state index contributed by atoms with van der Waals surface area (Å²) in [5.41, 5.74) is 0.